The molecule has 3 nitrogen and oxygen atoms in total. The van der Waals surface area contributed by atoms with Crippen LogP contribution in [0.15, 0.2) is 66.7 Å². The summed E-state index contributed by atoms with van der Waals surface area (Å²) >= 11 is 0. The molecule has 0 aliphatic carbocycles. The smallest absolute Gasteiger partial charge is 0.243 e. The maximum Gasteiger partial charge on any atom is 0.243 e. The van der Waals surface area contributed by atoms with Crippen molar-refractivity contribution in [2.75, 3.05) is 17.2 Å². The van der Waals surface area contributed by atoms with Crippen molar-refractivity contribution in [2.24, 2.45) is 0 Å². The number of aryl methyl sites for hydroxylation is 1. The van der Waals surface area contributed by atoms with Crippen LogP contribution in [-0.2, 0) is 11.2 Å². The van der Waals surface area contributed by atoms with Crippen LogP contribution in [0.3, 0.4) is 0 Å². The molecule has 3 aromatic carbocycles. The molecule has 3 rings (SSSR count). The van der Waals surface area contributed by atoms with Crippen molar-refractivity contribution < 1.29 is 4.79 Å². The van der Waals surface area contributed by atoms with E-state index in [-0.39, 0.29) is 12.5 Å². The van der Waals surface area contributed by atoms with E-state index < -0.39 is 0 Å². The third kappa shape index (κ3) is 3.69. The Kier molecular flexibility index (Phi) is 4.57. The first-order valence-electron chi connectivity index (χ1n) is 7.86. The van der Waals surface area contributed by atoms with E-state index in [4.69, 9.17) is 0 Å². The van der Waals surface area contributed by atoms with E-state index in [9.17, 15) is 4.79 Å². The molecule has 2 N–H and O–H groups in total. The number of fused-ring (bicyclic) bond motifs is 1. The van der Waals surface area contributed by atoms with Gasteiger partial charge >= 0.3 is 0 Å². The van der Waals surface area contributed by atoms with Gasteiger partial charge in [0.15, 0.2) is 0 Å². The summed E-state index contributed by atoms with van der Waals surface area (Å²) in [5.41, 5.74) is 3.03. The molecule has 116 valence electrons. The average molecular weight is 304 g/mol. The van der Waals surface area contributed by atoms with Crippen molar-refractivity contribution in [3.05, 3.63) is 72.3 Å². The molecule has 23 heavy (non-hydrogen) atoms. The van der Waals surface area contributed by atoms with Crippen LogP contribution in [-0.4, -0.2) is 12.5 Å². The second-order valence-corrected chi connectivity index (χ2v) is 5.48. The SMILES string of the molecule is CCc1cccc(NC(=O)CNc2cccc3ccccc23)c1. The van der Waals surface area contributed by atoms with Crippen LogP contribution < -0.4 is 10.6 Å². The van der Waals surface area contributed by atoms with Crippen molar-refractivity contribution in [3.8, 4) is 0 Å². The van der Waals surface area contributed by atoms with Crippen LogP contribution in [0.5, 0.6) is 0 Å². The fourth-order valence-corrected chi connectivity index (χ4v) is 2.63. The highest BCUT2D eigenvalue weighted by molar-refractivity contribution is 5.97. The maximum absolute atomic E-state index is 12.1. The van der Waals surface area contributed by atoms with Gasteiger partial charge in [-0.25, -0.2) is 0 Å². The summed E-state index contributed by atoms with van der Waals surface area (Å²) in [6.07, 6.45) is 0.956. The summed E-state index contributed by atoms with van der Waals surface area (Å²) in [6, 6.07) is 22.1. The Morgan fingerprint density at radius 1 is 0.957 bits per heavy atom. The van der Waals surface area contributed by atoms with Gasteiger partial charge in [0.05, 0.1) is 6.54 Å². The summed E-state index contributed by atoms with van der Waals surface area (Å²) in [5.74, 6) is -0.0498. The van der Waals surface area contributed by atoms with Crippen molar-refractivity contribution in [3.63, 3.8) is 0 Å². The Labute approximate surface area is 136 Å². The molecule has 0 aliphatic heterocycles. The molecule has 0 radical (unpaired) electrons. The summed E-state index contributed by atoms with van der Waals surface area (Å²) in [7, 11) is 0. The molecule has 3 aromatic rings. The van der Waals surface area contributed by atoms with Gasteiger partial charge in [0.1, 0.15) is 0 Å². The first-order valence-corrected chi connectivity index (χ1v) is 7.86. The fraction of sp³-hybridized carbons (Fsp3) is 0.150. The fourth-order valence-electron chi connectivity index (χ4n) is 2.63. The normalized spacial score (nSPS) is 10.5. The van der Waals surface area contributed by atoms with Crippen molar-refractivity contribution in [2.45, 2.75) is 13.3 Å². The highest BCUT2D eigenvalue weighted by Gasteiger charge is 2.05. The second kappa shape index (κ2) is 6.97. The lowest BCUT2D eigenvalue weighted by molar-refractivity contribution is -0.114. The molecule has 0 fully saturated rings. The number of benzene rings is 3. The molecule has 0 heterocycles. The van der Waals surface area contributed by atoms with Crippen LogP contribution in [0.4, 0.5) is 11.4 Å². The maximum atomic E-state index is 12.1. The number of anilines is 2. The zero-order valence-corrected chi connectivity index (χ0v) is 13.2. The third-order valence-corrected chi connectivity index (χ3v) is 3.85. The minimum absolute atomic E-state index is 0.0498. The molecular formula is C20H20N2O. The third-order valence-electron chi connectivity index (χ3n) is 3.85. The molecule has 0 unspecified atom stereocenters. The van der Waals surface area contributed by atoms with E-state index in [1.807, 2.05) is 42.5 Å². The lowest BCUT2D eigenvalue weighted by Gasteiger charge is -2.11. The Balaban J connectivity index is 1.66. The Morgan fingerprint density at radius 3 is 2.61 bits per heavy atom. The molecule has 0 bridgehead atoms. The number of carbonyl (C=O) groups excluding carboxylic acids is 1. The summed E-state index contributed by atoms with van der Waals surface area (Å²) in [6.45, 7) is 2.34. The van der Waals surface area contributed by atoms with Crippen LogP contribution >= 0.6 is 0 Å². The van der Waals surface area contributed by atoms with Gasteiger partial charge in [-0.15, -0.1) is 0 Å². The lowest BCUT2D eigenvalue weighted by atomic mass is 10.1. The zero-order chi connectivity index (χ0) is 16.1. The summed E-state index contributed by atoms with van der Waals surface area (Å²) < 4.78 is 0. The van der Waals surface area contributed by atoms with Gasteiger partial charge in [-0.1, -0.05) is 55.5 Å². The first-order chi connectivity index (χ1) is 11.3. The van der Waals surface area contributed by atoms with Crippen LogP contribution in [0.25, 0.3) is 10.8 Å². The zero-order valence-electron chi connectivity index (χ0n) is 13.2. The number of carbonyl (C=O) groups is 1. The van der Waals surface area contributed by atoms with E-state index in [2.05, 4.69) is 41.8 Å². The minimum atomic E-state index is -0.0498. The number of hydrogen-bond acceptors (Lipinski definition) is 2. The standard InChI is InChI=1S/C20H20N2O/c1-2-15-7-5-10-17(13-15)22-20(23)14-21-19-12-6-9-16-8-3-4-11-18(16)19/h3-13,21H,2,14H2,1H3,(H,22,23). The number of hydrogen-bond donors (Lipinski definition) is 2. The summed E-state index contributed by atoms with van der Waals surface area (Å²) in [5, 5.41) is 8.44. The lowest BCUT2D eigenvalue weighted by Crippen LogP contribution is -2.21. The highest BCUT2D eigenvalue weighted by atomic mass is 16.1. The highest BCUT2D eigenvalue weighted by Crippen LogP contribution is 2.22. The predicted molar refractivity (Wildman–Crippen MR) is 96.9 cm³/mol. The number of nitrogens with one attached hydrogen (secondary N) is 2. The average Bonchev–Trinajstić information content (AvgIpc) is 2.60. The van der Waals surface area contributed by atoms with Gasteiger partial charge in [0.25, 0.3) is 0 Å². The summed E-state index contributed by atoms with van der Waals surface area (Å²) in [4.78, 5) is 12.1. The van der Waals surface area contributed by atoms with Gasteiger partial charge < -0.3 is 10.6 Å². The van der Waals surface area contributed by atoms with Gasteiger partial charge in [0.2, 0.25) is 5.91 Å². The molecule has 0 atom stereocenters. The molecule has 0 spiro atoms. The predicted octanol–water partition coefficient (Wildman–Crippen LogP) is 4.45. The van der Waals surface area contributed by atoms with Gasteiger partial charge in [-0.2, -0.15) is 0 Å². The molecule has 0 aromatic heterocycles. The van der Waals surface area contributed by atoms with Crippen molar-refractivity contribution in [1.29, 1.82) is 0 Å². The van der Waals surface area contributed by atoms with Crippen LogP contribution in [0, 0.1) is 0 Å². The van der Waals surface area contributed by atoms with E-state index in [1.54, 1.807) is 0 Å². The number of rotatable bonds is 5. The van der Waals surface area contributed by atoms with Crippen LogP contribution in [0.2, 0.25) is 0 Å². The molecule has 0 aliphatic rings. The van der Waals surface area contributed by atoms with Crippen molar-refractivity contribution in [1.82, 2.24) is 0 Å². The molecular weight excluding hydrogens is 284 g/mol. The van der Waals surface area contributed by atoms with Gasteiger partial charge in [-0.05, 0) is 35.6 Å². The first kappa shape index (κ1) is 15.1. The monoisotopic (exact) mass is 304 g/mol. The van der Waals surface area contributed by atoms with Gasteiger partial charge in [0, 0.05) is 16.8 Å². The molecule has 3 heteroatoms. The van der Waals surface area contributed by atoms with E-state index in [0.29, 0.717) is 0 Å². The van der Waals surface area contributed by atoms with E-state index >= 15 is 0 Å². The van der Waals surface area contributed by atoms with E-state index in [1.165, 1.54) is 5.56 Å². The Morgan fingerprint density at radius 2 is 1.74 bits per heavy atom. The van der Waals surface area contributed by atoms with Crippen LogP contribution in [0.1, 0.15) is 12.5 Å². The van der Waals surface area contributed by atoms with Gasteiger partial charge in [-0.3, -0.25) is 4.79 Å². The topological polar surface area (TPSA) is 41.1 Å². The molecule has 0 saturated heterocycles. The molecule has 1 amide bonds. The largest absolute Gasteiger partial charge is 0.376 e. The minimum Gasteiger partial charge on any atom is -0.376 e. The van der Waals surface area contributed by atoms with E-state index in [0.717, 1.165) is 28.6 Å². The van der Waals surface area contributed by atoms with Crippen molar-refractivity contribution >= 4 is 28.1 Å². The Hall–Kier alpha value is -2.81. The molecule has 0 saturated carbocycles. The second-order valence-electron chi connectivity index (χ2n) is 5.48. The number of amides is 1. The Bertz CT molecular complexity index is 821. The quantitative estimate of drug-likeness (QED) is 0.731.